The van der Waals surface area contributed by atoms with Crippen LogP contribution in [-0.2, 0) is 11.8 Å². The minimum Gasteiger partial charge on any atom is -0.368 e. The number of carbonyl (C=O) groups excluding carboxylic acids is 1. The maximum Gasteiger partial charge on any atom is 0.216 e. The molecule has 2 N–H and O–H groups in total. The van der Waals surface area contributed by atoms with E-state index in [9.17, 15) is 4.79 Å². The van der Waals surface area contributed by atoms with Gasteiger partial charge in [0.05, 0.1) is 11.6 Å². The number of amides is 1. The topological polar surface area (TPSA) is 84.7 Å². The van der Waals surface area contributed by atoms with Crippen molar-refractivity contribution in [2.24, 2.45) is 7.05 Å². The second-order valence-electron chi connectivity index (χ2n) is 3.64. The molecule has 0 saturated heterocycles. The summed E-state index contributed by atoms with van der Waals surface area (Å²) in [5.41, 5.74) is 0.780. The molecule has 0 radical (unpaired) electrons. The molecule has 0 aliphatic heterocycles. The van der Waals surface area contributed by atoms with Gasteiger partial charge in [-0.15, -0.1) is 0 Å². The maximum atomic E-state index is 10.7. The molecule has 7 nitrogen and oxygen atoms in total. The van der Waals surface area contributed by atoms with Gasteiger partial charge in [-0.05, 0) is 0 Å². The molecule has 0 aliphatic carbocycles. The normalized spacial score (nSPS) is 10.5. The van der Waals surface area contributed by atoms with Gasteiger partial charge in [0.1, 0.15) is 12.1 Å². The van der Waals surface area contributed by atoms with Gasteiger partial charge in [-0.1, -0.05) is 0 Å². The van der Waals surface area contributed by atoms with Gasteiger partial charge in [0.25, 0.3) is 0 Å². The Hall–Kier alpha value is -2.18. The summed E-state index contributed by atoms with van der Waals surface area (Å²) in [4.78, 5) is 19.0. The molecule has 2 heterocycles. The average Bonchev–Trinajstić information content (AvgIpc) is 2.67. The van der Waals surface area contributed by atoms with Crippen molar-refractivity contribution in [3.05, 3.63) is 12.5 Å². The van der Waals surface area contributed by atoms with Gasteiger partial charge in [-0.3, -0.25) is 9.48 Å². The second-order valence-corrected chi connectivity index (χ2v) is 3.64. The standard InChI is InChI=1S/C10H14N6O/c1-7(17)11-3-4-12-9-8-5-15-16(2)10(8)14-6-13-9/h5-6H,3-4H2,1-2H3,(H,11,17)(H,12,13,14). The SMILES string of the molecule is CC(=O)NCCNc1ncnc2c1cnn2C. The number of rotatable bonds is 4. The molecule has 1 amide bonds. The van der Waals surface area contributed by atoms with Crippen LogP contribution in [0.3, 0.4) is 0 Å². The van der Waals surface area contributed by atoms with Crippen molar-refractivity contribution in [1.82, 2.24) is 25.1 Å². The lowest BCUT2D eigenvalue weighted by atomic mass is 10.4. The first-order valence-electron chi connectivity index (χ1n) is 5.29. The van der Waals surface area contributed by atoms with E-state index in [4.69, 9.17) is 0 Å². The van der Waals surface area contributed by atoms with Gasteiger partial charge in [0.15, 0.2) is 5.65 Å². The number of aryl methyl sites for hydroxylation is 1. The van der Waals surface area contributed by atoms with E-state index < -0.39 is 0 Å². The van der Waals surface area contributed by atoms with E-state index in [-0.39, 0.29) is 5.91 Å². The van der Waals surface area contributed by atoms with Gasteiger partial charge in [0, 0.05) is 27.1 Å². The molecule has 2 rings (SSSR count). The fraction of sp³-hybridized carbons (Fsp3) is 0.400. The van der Waals surface area contributed by atoms with E-state index in [0.717, 1.165) is 16.9 Å². The highest BCUT2D eigenvalue weighted by Crippen LogP contribution is 2.16. The molecular formula is C10H14N6O. The van der Waals surface area contributed by atoms with Crippen LogP contribution >= 0.6 is 0 Å². The number of fused-ring (bicyclic) bond motifs is 1. The zero-order valence-corrected chi connectivity index (χ0v) is 9.77. The molecule has 7 heteroatoms. The molecule has 0 aliphatic rings. The minimum atomic E-state index is -0.0407. The smallest absolute Gasteiger partial charge is 0.216 e. The number of aromatic nitrogens is 4. The molecular weight excluding hydrogens is 220 g/mol. The second kappa shape index (κ2) is 4.77. The van der Waals surface area contributed by atoms with Crippen LogP contribution in [0.5, 0.6) is 0 Å². The fourth-order valence-corrected chi connectivity index (χ4v) is 1.52. The number of nitrogens with zero attached hydrogens (tertiary/aromatic N) is 4. The summed E-state index contributed by atoms with van der Waals surface area (Å²) < 4.78 is 1.69. The molecule has 0 aromatic carbocycles. The molecule has 0 unspecified atom stereocenters. The van der Waals surface area contributed by atoms with Crippen LogP contribution in [-0.4, -0.2) is 38.7 Å². The summed E-state index contributed by atoms with van der Waals surface area (Å²) in [6, 6.07) is 0. The van der Waals surface area contributed by atoms with Gasteiger partial charge in [-0.25, -0.2) is 9.97 Å². The number of carbonyl (C=O) groups is 1. The Bertz CT molecular complexity index is 535. The molecule has 0 bridgehead atoms. The molecule has 0 atom stereocenters. The summed E-state index contributed by atoms with van der Waals surface area (Å²) in [5, 5.41) is 10.8. The third-order valence-electron chi connectivity index (χ3n) is 2.32. The summed E-state index contributed by atoms with van der Waals surface area (Å²) in [6.07, 6.45) is 3.21. The summed E-state index contributed by atoms with van der Waals surface area (Å²) in [5.74, 6) is 0.689. The van der Waals surface area contributed by atoms with Crippen molar-refractivity contribution in [1.29, 1.82) is 0 Å². The van der Waals surface area contributed by atoms with Gasteiger partial charge in [0.2, 0.25) is 5.91 Å². The van der Waals surface area contributed by atoms with Crippen molar-refractivity contribution < 1.29 is 4.79 Å². The van der Waals surface area contributed by atoms with Crippen molar-refractivity contribution in [3.63, 3.8) is 0 Å². The largest absolute Gasteiger partial charge is 0.368 e. The highest BCUT2D eigenvalue weighted by molar-refractivity contribution is 5.85. The number of nitrogens with one attached hydrogen (secondary N) is 2. The van der Waals surface area contributed by atoms with Gasteiger partial charge >= 0.3 is 0 Å². The number of hydrogen-bond acceptors (Lipinski definition) is 5. The first-order valence-corrected chi connectivity index (χ1v) is 5.29. The zero-order valence-electron chi connectivity index (χ0n) is 9.77. The van der Waals surface area contributed by atoms with E-state index in [1.807, 2.05) is 7.05 Å². The minimum absolute atomic E-state index is 0.0407. The first kappa shape index (κ1) is 11.3. The van der Waals surface area contributed by atoms with Gasteiger partial charge < -0.3 is 10.6 Å². The van der Waals surface area contributed by atoms with Crippen LogP contribution in [0, 0.1) is 0 Å². The predicted molar refractivity (Wildman–Crippen MR) is 63.5 cm³/mol. The van der Waals surface area contributed by atoms with Crippen LogP contribution in [0.25, 0.3) is 11.0 Å². The van der Waals surface area contributed by atoms with Crippen molar-refractivity contribution in [2.45, 2.75) is 6.92 Å². The average molecular weight is 234 g/mol. The Morgan fingerprint density at radius 1 is 1.41 bits per heavy atom. The zero-order chi connectivity index (χ0) is 12.3. The molecule has 0 spiro atoms. The van der Waals surface area contributed by atoms with Crippen LogP contribution in [0.2, 0.25) is 0 Å². The lowest BCUT2D eigenvalue weighted by Gasteiger charge is -2.06. The highest BCUT2D eigenvalue weighted by atomic mass is 16.1. The number of anilines is 1. The molecule has 2 aromatic heterocycles. The van der Waals surface area contributed by atoms with Crippen molar-refractivity contribution >= 4 is 22.8 Å². The molecule has 0 saturated carbocycles. The summed E-state index contributed by atoms with van der Waals surface area (Å²) in [6.45, 7) is 2.66. The lowest BCUT2D eigenvalue weighted by Crippen LogP contribution is -2.26. The fourth-order valence-electron chi connectivity index (χ4n) is 1.52. The quantitative estimate of drug-likeness (QED) is 0.722. The Morgan fingerprint density at radius 3 is 3.00 bits per heavy atom. The third-order valence-corrected chi connectivity index (χ3v) is 2.32. The van der Waals surface area contributed by atoms with Crippen molar-refractivity contribution in [2.75, 3.05) is 18.4 Å². The van der Waals surface area contributed by atoms with Crippen molar-refractivity contribution in [3.8, 4) is 0 Å². The summed E-state index contributed by atoms with van der Waals surface area (Å²) >= 11 is 0. The first-order chi connectivity index (χ1) is 8.18. The van der Waals surface area contributed by atoms with Crippen LogP contribution in [0.15, 0.2) is 12.5 Å². The number of hydrogen-bond donors (Lipinski definition) is 2. The van der Waals surface area contributed by atoms with E-state index in [1.54, 1.807) is 10.9 Å². The summed E-state index contributed by atoms with van der Waals surface area (Å²) in [7, 11) is 1.83. The van der Waals surface area contributed by atoms with Gasteiger partial charge in [-0.2, -0.15) is 5.10 Å². The highest BCUT2D eigenvalue weighted by Gasteiger charge is 2.06. The third kappa shape index (κ3) is 2.49. The monoisotopic (exact) mass is 234 g/mol. The van der Waals surface area contributed by atoms with Crippen LogP contribution in [0.4, 0.5) is 5.82 Å². The van der Waals surface area contributed by atoms with Crippen LogP contribution < -0.4 is 10.6 Å². The van der Waals surface area contributed by atoms with E-state index in [1.165, 1.54) is 13.3 Å². The lowest BCUT2D eigenvalue weighted by molar-refractivity contribution is -0.118. The Balaban J connectivity index is 2.06. The van der Waals surface area contributed by atoms with E-state index in [2.05, 4.69) is 25.7 Å². The molecule has 17 heavy (non-hydrogen) atoms. The molecule has 0 fully saturated rings. The predicted octanol–water partition coefficient (Wildman–Crippen LogP) is -0.0887. The van der Waals surface area contributed by atoms with Crippen LogP contribution in [0.1, 0.15) is 6.92 Å². The Labute approximate surface area is 98.2 Å². The molecule has 2 aromatic rings. The molecule has 90 valence electrons. The Kier molecular flexibility index (Phi) is 3.17. The Morgan fingerprint density at radius 2 is 2.24 bits per heavy atom. The van der Waals surface area contributed by atoms with E-state index in [0.29, 0.717) is 13.1 Å². The maximum absolute atomic E-state index is 10.7. The van der Waals surface area contributed by atoms with E-state index >= 15 is 0 Å².